The van der Waals surface area contributed by atoms with Gasteiger partial charge in [-0.2, -0.15) is 0 Å². The van der Waals surface area contributed by atoms with Gasteiger partial charge in [-0.25, -0.2) is 19.7 Å². The number of amides is 2. The first-order chi connectivity index (χ1) is 18.9. The van der Waals surface area contributed by atoms with Crippen molar-refractivity contribution in [1.82, 2.24) is 35.1 Å². The van der Waals surface area contributed by atoms with Crippen LogP contribution in [0, 0.1) is 5.92 Å². The van der Waals surface area contributed by atoms with Gasteiger partial charge in [-0.15, -0.1) is 0 Å². The van der Waals surface area contributed by atoms with Crippen molar-refractivity contribution in [2.75, 3.05) is 38.5 Å². The first-order valence-corrected chi connectivity index (χ1v) is 13.8. The van der Waals surface area contributed by atoms with Crippen LogP contribution < -0.4 is 16.4 Å². The van der Waals surface area contributed by atoms with E-state index in [0.29, 0.717) is 49.0 Å². The molecule has 6 N–H and O–H groups in total. The van der Waals surface area contributed by atoms with Crippen LogP contribution in [0.4, 0.5) is 10.6 Å². The Morgan fingerprint density at radius 3 is 2.74 bits per heavy atom. The van der Waals surface area contributed by atoms with Crippen molar-refractivity contribution in [3.8, 4) is 0 Å². The number of aromatic nitrogens is 4. The number of rotatable bonds is 8. The van der Waals surface area contributed by atoms with Gasteiger partial charge in [-0.3, -0.25) is 9.36 Å². The number of likely N-dealkylation sites (tertiary alicyclic amines) is 1. The van der Waals surface area contributed by atoms with Gasteiger partial charge in [0.2, 0.25) is 0 Å². The number of fused-ring (bicyclic) bond motifs is 1. The molecular formula is C25H38N8O6. The maximum atomic E-state index is 12.4. The van der Waals surface area contributed by atoms with Gasteiger partial charge >= 0.3 is 6.09 Å². The number of nitrogens with two attached hydrogens (primary N) is 1. The molecule has 39 heavy (non-hydrogen) atoms. The number of hydrogen-bond donors (Lipinski definition) is 5. The van der Waals surface area contributed by atoms with E-state index in [9.17, 15) is 19.8 Å². The molecule has 214 valence electrons. The van der Waals surface area contributed by atoms with E-state index in [1.54, 1.807) is 11.8 Å². The fourth-order valence-electron chi connectivity index (χ4n) is 5.56. The van der Waals surface area contributed by atoms with Crippen molar-refractivity contribution >= 4 is 29.0 Å². The van der Waals surface area contributed by atoms with E-state index in [-0.39, 0.29) is 18.0 Å². The summed E-state index contributed by atoms with van der Waals surface area (Å²) in [5.74, 6) is 0.760. The lowest BCUT2D eigenvalue weighted by Crippen LogP contribution is -2.42. The van der Waals surface area contributed by atoms with Crippen molar-refractivity contribution < 1.29 is 29.3 Å². The number of carbonyl (C=O) groups is 2. The summed E-state index contributed by atoms with van der Waals surface area (Å²) in [7, 11) is 0. The van der Waals surface area contributed by atoms with E-state index in [1.807, 2.05) is 0 Å². The highest BCUT2D eigenvalue weighted by Gasteiger charge is 2.47. The topological polar surface area (TPSA) is 190 Å². The standard InChI is InChI=1S/C25H38N8O6/c1-2-28-23(36)20-18(34)19(35)24(39-20)33-13-29-17-21(26)30-16(31-22(17)33)5-3-4-14-7-10-32(11-8-14)25(37)38-15-6-9-27-12-15/h13-15,18-20,24,27,34-35H,2-12H2,1H3,(H,28,36)(H2,26,30,31)/t15?,18-,19?,20+,24-/m1/s1. The summed E-state index contributed by atoms with van der Waals surface area (Å²) in [6.07, 6.45) is 1.32. The number of likely N-dealkylation sites (N-methyl/N-ethyl adjacent to an activating group) is 1. The molecule has 5 heterocycles. The van der Waals surface area contributed by atoms with Crippen molar-refractivity contribution in [3.63, 3.8) is 0 Å². The molecule has 0 saturated carbocycles. The first kappa shape index (κ1) is 27.5. The largest absolute Gasteiger partial charge is 0.445 e. The molecule has 2 aromatic heterocycles. The zero-order chi connectivity index (χ0) is 27.5. The van der Waals surface area contributed by atoms with Crippen LogP contribution in [0.15, 0.2) is 6.33 Å². The van der Waals surface area contributed by atoms with E-state index in [2.05, 4.69) is 25.6 Å². The summed E-state index contributed by atoms with van der Waals surface area (Å²) in [5.41, 5.74) is 6.89. The number of carbonyl (C=O) groups excluding carboxylic acids is 2. The lowest BCUT2D eigenvalue weighted by molar-refractivity contribution is -0.137. The fourth-order valence-corrected chi connectivity index (χ4v) is 5.56. The molecule has 0 aliphatic carbocycles. The number of anilines is 1. The summed E-state index contributed by atoms with van der Waals surface area (Å²) in [6.45, 7) is 5.15. The average Bonchev–Trinajstić information content (AvgIpc) is 3.65. The van der Waals surface area contributed by atoms with Gasteiger partial charge in [0.05, 0.1) is 6.33 Å². The lowest BCUT2D eigenvalue weighted by Gasteiger charge is -2.32. The van der Waals surface area contributed by atoms with Crippen LogP contribution in [0.25, 0.3) is 11.2 Å². The summed E-state index contributed by atoms with van der Waals surface area (Å²) in [5, 5.41) is 26.8. The Morgan fingerprint density at radius 2 is 2.03 bits per heavy atom. The smallest absolute Gasteiger partial charge is 0.410 e. The highest BCUT2D eigenvalue weighted by Crippen LogP contribution is 2.32. The van der Waals surface area contributed by atoms with Crippen LogP contribution in [0.3, 0.4) is 0 Å². The van der Waals surface area contributed by atoms with E-state index in [0.717, 1.165) is 45.2 Å². The molecule has 14 nitrogen and oxygen atoms in total. The number of imidazole rings is 1. The molecule has 0 radical (unpaired) electrons. The minimum absolute atomic E-state index is 0.0214. The predicted molar refractivity (Wildman–Crippen MR) is 139 cm³/mol. The molecule has 3 fully saturated rings. The Morgan fingerprint density at radius 1 is 1.23 bits per heavy atom. The van der Waals surface area contributed by atoms with Crippen LogP contribution in [-0.2, 0) is 20.7 Å². The van der Waals surface area contributed by atoms with E-state index < -0.39 is 30.4 Å². The minimum atomic E-state index is -1.40. The summed E-state index contributed by atoms with van der Waals surface area (Å²) in [4.78, 5) is 39.8. The van der Waals surface area contributed by atoms with Crippen LogP contribution >= 0.6 is 0 Å². The molecule has 0 bridgehead atoms. The number of nitrogens with one attached hydrogen (secondary N) is 2. The van der Waals surface area contributed by atoms with Gasteiger partial charge in [0.15, 0.2) is 23.8 Å². The first-order valence-electron chi connectivity index (χ1n) is 13.8. The third-order valence-corrected chi connectivity index (χ3v) is 7.78. The molecule has 5 rings (SSSR count). The maximum absolute atomic E-state index is 12.4. The van der Waals surface area contributed by atoms with Gasteiger partial charge in [0.1, 0.15) is 29.7 Å². The Hall–Kier alpha value is -3.07. The normalized spacial score (nSPS) is 27.8. The van der Waals surface area contributed by atoms with Gasteiger partial charge < -0.3 is 41.0 Å². The van der Waals surface area contributed by atoms with Crippen LogP contribution in [0.1, 0.15) is 51.1 Å². The molecule has 0 aromatic carbocycles. The third kappa shape index (κ3) is 5.93. The molecule has 2 aromatic rings. The highest BCUT2D eigenvalue weighted by molar-refractivity contribution is 5.83. The molecular weight excluding hydrogens is 508 g/mol. The fraction of sp³-hybridized carbons (Fsp3) is 0.720. The molecule has 0 spiro atoms. The molecule has 3 aliphatic rings. The Labute approximate surface area is 226 Å². The maximum Gasteiger partial charge on any atom is 0.410 e. The minimum Gasteiger partial charge on any atom is -0.445 e. The van der Waals surface area contributed by atoms with E-state index in [4.69, 9.17) is 15.2 Å². The molecule has 2 unspecified atom stereocenters. The zero-order valence-corrected chi connectivity index (χ0v) is 22.2. The summed E-state index contributed by atoms with van der Waals surface area (Å²) < 4.78 is 12.8. The monoisotopic (exact) mass is 546 g/mol. The second-order valence-corrected chi connectivity index (χ2v) is 10.5. The average molecular weight is 547 g/mol. The molecule has 2 amide bonds. The number of piperidine rings is 1. The predicted octanol–water partition coefficient (Wildman–Crippen LogP) is -0.303. The Balaban J connectivity index is 1.16. The zero-order valence-electron chi connectivity index (χ0n) is 22.2. The summed E-state index contributed by atoms with van der Waals surface area (Å²) in [6, 6.07) is 0. The molecule has 3 saturated heterocycles. The van der Waals surface area contributed by atoms with Gasteiger partial charge in [0.25, 0.3) is 5.91 Å². The SMILES string of the molecule is CCNC(=O)[C@H]1O[C@@H](n2cnc3c(N)nc(CCCC4CCN(C(=O)OC5CCNC5)CC4)nc32)C(O)[C@H]1O. The summed E-state index contributed by atoms with van der Waals surface area (Å²) >= 11 is 0. The van der Waals surface area contributed by atoms with Crippen molar-refractivity contribution in [1.29, 1.82) is 0 Å². The van der Waals surface area contributed by atoms with Crippen molar-refractivity contribution in [2.45, 2.75) is 76.1 Å². The number of nitrogen functional groups attached to an aromatic ring is 1. The second-order valence-electron chi connectivity index (χ2n) is 10.5. The third-order valence-electron chi connectivity index (χ3n) is 7.78. The van der Waals surface area contributed by atoms with Crippen LogP contribution in [0.5, 0.6) is 0 Å². The molecule has 3 aliphatic heterocycles. The highest BCUT2D eigenvalue weighted by atomic mass is 16.6. The van der Waals surface area contributed by atoms with E-state index in [1.165, 1.54) is 10.9 Å². The lowest BCUT2D eigenvalue weighted by atomic mass is 9.91. The number of aryl methyl sites for hydroxylation is 1. The second kappa shape index (κ2) is 12.0. The number of nitrogens with zero attached hydrogens (tertiary/aromatic N) is 5. The number of ether oxygens (including phenoxy) is 2. The van der Waals surface area contributed by atoms with Crippen LogP contribution in [0.2, 0.25) is 0 Å². The molecule has 14 heteroatoms. The van der Waals surface area contributed by atoms with Crippen molar-refractivity contribution in [3.05, 3.63) is 12.2 Å². The quantitative estimate of drug-likeness (QED) is 0.292. The van der Waals surface area contributed by atoms with Crippen LogP contribution in [-0.4, -0.2) is 104 Å². The Bertz CT molecular complexity index is 1160. The molecule has 5 atom stereocenters. The number of aliphatic hydroxyl groups excluding tert-OH is 2. The van der Waals surface area contributed by atoms with E-state index >= 15 is 0 Å². The van der Waals surface area contributed by atoms with Gasteiger partial charge in [-0.05, 0) is 51.5 Å². The number of aliphatic hydroxyl groups is 2. The Kier molecular flexibility index (Phi) is 8.45. The number of hydrogen-bond acceptors (Lipinski definition) is 11. The van der Waals surface area contributed by atoms with Gasteiger partial charge in [-0.1, -0.05) is 0 Å². The van der Waals surface area contributed by atoms with Gasteiger partial charge in [0, 0.05) is 32.6 Å². The van der Waals surface area contributed by atoms with Crippen molar-refractivity contribution in [2.24, 2.45) is 5.92 Å².